The Morgan fingerprint density at radius 3 is 2.44 bits per heavy atom. The van der Waals surface area contributed by atoms with Crippen LogP contribution in [0.5, 0.6) is 0 Å². The van der Waals surface area contributed by atoms with E-state index in [-0.39, 0.29) is 5.56 Å². The van der Waals surface area contributed by atoms with Crippen LogP contribution in [0.2, 0.25) is 5.02 Å². The molecule has 0 aliphatic carbocycles. The lowest BCUT2D eigenvalue weighted by Crippen LogP contribution is -2.06. The number of aromatic amines is 1. The van der Waals surface area contributed by atoms with Crippen LogP contribution in [-0.2, 0) is 0 Å². The van der Waals surface area contributed by atoms with Crippen molar-refractivity contribution in [3.05, 3.63) is 70.0 Å². The number of hydrogen-bond acceptors (Lipinski definition) is 1. The van der Waals surface area contributed by atoms with Gasteiger partial charge in [-0.2, -0.15) is 0 Å². The summed E-state index contributed by atoms with van der Waals surface area (Å²) in [5.41, 5.74) is 1.68. The number of rotatable bonds is 1. The summed E-state index contributed by atoms with van der Waals surface area (Å²) in [6.45, 7) is 0. The van der Waals surface area contributed by atoms with E-state index in [2.05, 4.69) is 4.98 Å². The lowest BCUT2D eigenvalue weighted by molar-refractivity contribution is 1.28. The molecule has 3 aromatic rings. The van der Waals surface area contributed by atoms with Crippen LogP contribution in [0, 0.1) is 0 Å². The summed E-state index contributed by atoms with van der Waals surface area (Å²) in [7, 11) is 0. The number of H-pyrrole nitrogens is 1. The van der Waals surface area contributed by atoms with Gasteiger partial charge >= 0.3 is 0 Å². The number of hydrogen-bond donors (Lipinski definition) is 1. The van der Waals surface area contributed by atoms with Crippen LogP contribution in [0.4, 0.5) is 0 Å². The predicted octanol–water partition coefficient (Wildman–Crippen LogP) is 3.85. The SMILES string of the molecule is O=c1[nH]c(-c2ccc(Cl)cc2)cc2ccccc12. The van der Waals surface area contributed by atoms with Gasteiger partial charge in [0.15, 0.2) is 0 Å². The Labute approximate surface area is 109 Å². The fourth-order valence-corrected chi connectivity index (χ4v) is 2.12. The van der Waals surface area contributed by atoms with Gasteiger partial charge in [-0.15, -0.1) is 0 Å². The third kappa shape index (κ3) is 1.91. The monoisotopic (exact) mass is 255 g/mol. The summed E-state index contributed by atoms with van der Waals surface area (Å²) < 4.78 is 0. The molecule has 0 saturated carbocycles. The highest BCUT2D eigenvalue weighted by atomic mass is 35.5. The van der Waals surface area contributed by atoms with E-state index in [9.17, 15) is 4.79 Å². The summed E-state index contributed by atoms with van der Waals surface area (Å²) >= 11 is 5.85. The van der Waals surface area contributed by atoms with Crippen molar-refractivity contribution >= 4 is 22.4 Å². The van der Waals surface area contributed by atoms with Crippen LogP contribution in [0.1, 0.15) is 0 Å². The molecule has 88 valence electrons. The van der Waals surface area contributed by atoms with Crippen LogP contribution < -0.4 is 5.56 Å². The minimum atomic E-state index is -0.0712. The van der Waals surface area contributed by atoms with Crippen LogP contribution in [0.15, 0.2) is 59.4 Å². The van der Waals surface area contributed by atoms with E-state index >= 15 is 0 Å². The highest BCUT2D eigenvalue weighted by Gasteiger charge is 2.03. The van der Waals surface area contributed by atoms with Crippen molar-refractivity contribution in [2.24, 2.45) is 0 Å². The number of aromatic nitrogens is 1. The minimum Gasteiger partial charge on any atom is -0.321 e. The molecular weight excluding hydrogens is 246 g/mol. The first-order valence-electron chi connectivity index (χ1n) is 5.62. The lowest BCUT2D eigenvalue weighted by atomic mass is 10.1. The number of pyridine rings is 1. The molecule has 1 aromatic heterocycles. The molecule has 0 unspecified atom stereocenters. The van der Waals surface area contributed by atoms with Crippen LogP contribution in [0.3, 0.4) is 0 Å². The molecule has 0 aliphatic rings. The fourth-order valence-electron chi connectivity index (χ4n) is 2.00. The van der Waals surface area contributed by atoms with Crippen molar-refractivity contribution in [3.8, 4) is 11.3 Å². The third-order valence-corrected chi connectivity index (χ3v) is 3.16. The molecule has 0 aliphatic heterocycles. The predicted molar refractivity (Wildman–Crippen MR) is 75.0 cm³/mol. The van der Waals surface area contributed by atoms with Gasteiger partial charge in [0.1, 0.15) is 0 Å². The Bertz CT molecular complexity index is 759. The molecule has 0 fully saturated rings. The second kappa shape index (κ2) is 4.31. The van der Waals surface area contributed by atoms with Gasteiger partial charge in [0.25, 0.3) is 5.56 Å². The highest BCUT2D eigenvalue weighted by molar-refractivity contribution is 6.30. The third-order valence-electron chi connectivity index (χ3n) is 2.91. The maximum atomic E-state index is 12.0. The Kier molecular flexibility index (Phi) is 2.65. The average molecular weight is 256 g/mol. The second-order valence-electron chi connectivity index (χ2n) is 4.11. The van der Waals surface area contributed by atoms with Gasteiger partial charge in [0.2, 0.25) is 0 Å². The van der Waals surface area contributed by atoms with Crippen molar-refractivity contribution < 1.29 is 0 Å². The summed E-state index contributed by atoms with van der Waals surface area (Å²) in [6.07, 6.45) is 0. The quantitative estimate of drug-likeness (QED) is 0.704. The molecule has 2 nitrogen and oxygen atoms in total. The summed E-state index contributed by atoms with van der Waals surface area (Å²) in [6, 6.07) is 16.9. The largest absolute Gasteiger partial charge is 0.321 e. The average Bonchev–Trinajstić information content (AvgIpc) is 2.39. The molecule has 0 radical (unpaired) electrons. The van der Waals surface area contributed by atoms with Crippen LogP contribution in [0.25, 0.3) is 22.0 Å². The topological polar surface area (TPSA) is 32.9 Å². The van der Waals surface area contributed by atoms with Gasteiger partial charge in [-0.05, 0) is 35.2 Å². The van der Waals surface area contributed by atoms with Gasteiger partial charge in [-0.25, -0.2) is 0 Å². The lowest BCUT2D eigenvalue weighted by Gasteiger charge is -2.04. The van der Waals surface area contributed by atoms with E-state index in [0.29, 0.717) is 10.4 Å². The molecule has 1 N–H and O–H groups in total. The van der Waals surface area contributed by atoms with Crippen molar-refractivity contribution in [2.45, 2.75) is 0 Å². The van der Waals surface area contributed by atoms with Crippen molar-refractivity contribution in [3.63, 3.8) is 0 Å². The van der Waals surface area contributed by atoms with Gasteiger partial charge in [-0.1, -0.05) is 41.9 Å². The molecule has 0 bridgehead atoms. The van der Waals surface area contributed by atoms with E-state index in [0.717, 1.165) is 16.6 Å². The van der Waals surface area contributed by atoms with E-state index in [1.165, 1.54) is 0 Å². The number of benzene rings is 2. The van der Waals surface area contributed by atoms with Crippen molar-refractivity contribution in [1.29, 1.82) is 0 Å². The number of nitrogens with one attached hydrogen (secondary N) is 1. The van der Waals surface area contributed by atoms with Gasteiger partial charge in [0, 0.05) is 16.1 Å². The van der Waals surface area contributed by atoms with E-state index in [1.54, 1.807) is 0 Å². The smallest absolute Gasteiger partial charge is 0.256 e. The first-order chi connectivity index (χ1) is 8.74. The summed E-state index contributed by atoms with van der Waals surface area (Å²) in [5, 5.41) is 2.32. The Morgan fingerprint density at radius 1 is 0.944 bits per heavy atom. The second-order valence-corrected chi connectivity index (χ2v) is 4.54. The normalized spacial score (nSPS) is 10.7. The molecule has 3 rings (SSSR count). The highest BCUT2D eigenvalue weighted by Crippen LogP contribution is 2.21. The maximum Gasteiger partial charge on any atom is 0.256 e. The maximum absolute atomic E-state index is 12.0. The van der Waals surface area contributed by atoms with Crippen molar-refractivity contribution in [2.75, 3.05) is 0 Å². The molecule has 18 heavy (non-hydrogen) atoms. The zero-order chi connectivity index (χ0) is 12.5. The minimum absolute atomic E-state index is 0.0712. The molecule has 1 heterocycles. The zero-order valence-corrected chi connectivity index (χ0v) is 10.2. The van der Waals surface area contributed by atoms with Crippen LogP contribution in [-0.4, -0.2) is 4.98 Å². The Hall–Kier alpha value is -2.06. The fraction of sp³-hybridized carbons (Fsp3) is 0. The molecule has 3 heteroatoms. The van der Waals surface area contributed by atoms with E-state index in [1.807, 2.05) is 54.6 Å². The Morgan fingerprint density at radius 2 is 1.67 bits per heavy atom. The molecular formula is C15H10ClNO. The molecule has 0 saturated heterocycles. The van der Waals surface area contributed by atoms with E-state index < -0.39 is 0 Å². The van der Waals surface area contributed by atoms with E-state index in [4.69, 9.17) is 11.6 Å². The molecule has 0 atom stereocenters. The van der Waals surface area contributed by atoms with Gasteiger partial charge in [-0.3, -0.25) is 4.79 Å². The molecule has 0 amide bonds. The van der Waals surface area contributed by atoms with Crippen LogP contribution >= 0.6 is 11.6 Å². The van der Waals surface area contributed by atoms with Gasteiger partial charge < -0.3 is 4.98 Å². The Balaban J connectivity index is 2.24. The van der Waals surface area contributed by atoms with Crippen molar-refractivity contribution in [1.82, 2.24) is 4.98 Å². The summed E-state index contributed by atoms with van der Waals surface area (Å²) in [4.78, 5) is 14.8. The van der Waals surface area contributed by atoms with Gasteiger partial charge in [0.05, 0.1) is 0 Å². The first kappa shape index (κ1) is 11.1. The standard InChI is InChI=1S/C15H10ClNO/c16-12-7-5-10(6-8-12)14-9-11-3-1-2-4-13(11)15(18)17-14/h1-9H,(H,17,18). The molecule has 2 aromatic carbocycles. The zero-order valence-electron chi connectivity index (χ0n) is 9.48. The first-order valence-corrected chi connectivity index (χ1v) is 6.00. The number of fused-ring (bicyclic) bond motifs is 1. The molecule has 0 spiro atoms. The number of halogens is 1. The summed E-state index contributed by atoms with van der Waals surface area (Å²) in [5.74, 6) is 0.